The molecule has 4 heteroatoms. The van der Waals surface area contributed by atoms with Crippen molar-refractivity contribution in [3.05, 3.63) is 95.7 Å². The monoisotopic (exact) mass is 592 g/mol. The molecule has 0 amide bonds. The standard InChI is InChI=1S/C40H52N2O2/c1-4-7-10-11-12-15-33-17-24-37(25-18-33)42-40(35-21-28-39(29-22-35)44-31-14-9-6-3)32-36(41-42)23-16-34-19-26-38(27-20-34)43-30-13-8-5-2/h16-29,32H,4-15,30-31H2,1-3H3/b23-16+. The first kappa shape index (κ1) is 33.1. The molecule has 4 aromatic rings. The van der Waals surface area contributed by atoms with Crippen molar-refractivity contribution >= 4 is 12.2 Å². The Balaban J connectivity index is 1.50. The van der Waals surface area contributed by atoms with E-state index < -0.39 is 0 Å². The minimum Gasteiger partial charge on any atom is -0.494 e. The molecule has 1 heterocycles. The third-order valence-electron chi connectivity index (χ3n) is 7.99. The number of rotatable bonds is 20. The highest BCUT2D eigenvalue weighted by atomic mass is 16.5. The number of hydrogen-bond donors (Lipinski definition) is 0. The van der Waals surface area contributed by atoms with Crippen LogP contribution in [0, 0.1) is 0 Å². The number of ether oxygens (including phenoxy) is 2. The van der Waals surface area contributed by atoms with Gasteiger partial charge in [-0.15, -0.1) is 0 Å². The molecule has 0 aliphatic rings. The van der Waals surface area contributed by atoms with Gasteiger partial charge in [0.05, 0.1) is 30.3 Å². The van der Waals surface area contributed by atoms with E-state index in [2.05, 4.69) is 104 Å². The molecule has 0 aliphatic heterocycles. The van der Waals surface area contributed by atoms with Crippen molar-refractivity contribution in [2.75, 3.05) is 13.2 Å². The average molecular weight is 593 g/mol. The first-order chi connectivity index (χ1) is 21.7. The second-order valence-electron chi connectivity index (χ2n) is 11.7. The Morgan fingerprint density at radius 1 is 0.591 bits per heavy atom. The lowest BCUT2D eigenvalue weighted by atomic mass is 10.1. The predicted octanol–water partition coefficient (Wildman–Crippen LogP) is 11.4. The van der Waals surface area contributed by atoms with Gasteiger partial charge in [0, 0.05) is 5.56 Å². The lowest BCUT2D eigenvalue weighted by molar-refractivity contribution is 0.306. The Bertz CT molecular complexity index is 1370. The number of unbranched alkanes of at least 4 members (excludes halogenated alkanes) is 8. The van der Waals surface area contributed by atoms with E-state index in [4.69, 9.17) is 14.6 Å². The van der Waals surface area contributed by atoms with Gasteiger partial charge in [-0.25, -0.2) is 4.68 Å². The zero-order valence-corrected chi connectivity index (χ0v) is 27.3. The van der Waals surface area contributed by atoms with Crippen LogP contribution in [0.2, 0.25) is 0 Å². The third kappa shape index (κ3) is 10.7. The van der Waals surface area contributed by atoms with Crippen LogP contribution in [-0.2, 0) is 6.42 Å². The van der Waals surface area contributed by atoms with E-state index in [0.717, 1.165) is 72.2 Å². The quantitative estimate of drug-likeness (QED) is 0.0958. The van der Waals surface area contributed by atoms with Crippen LogP contribution in [0.15, 0.2) is 78.9 Å². The number of nitrogens with zero attached hydrogens (tertiary/aromatic N) is 2. The Morgan fingerprint density at radius 2 is 1.16 bits per heavy atom. The summed E-state index contributed by atoms with van der Waals surface area (Å²) in [7, 11) is 0. The molecule has 4 rings (SSSR count). The van der Waals surface area contributed by atoms with E-state index in [1.807, 2.05) is 12.1 Å². The minimum atomic E-state index is 0.761. The molecule has 3 aromatic carbocycles. The maximum absolute atomic E-state index is 5.97. The molecule has 0 saturated carbocycles. The van der Waals surface area contributed by atoms with Gasteiger partial charge in [0.1, 0.15) is 11.5 Å². The lowest BCUT2D eigenvalue weighted by Gasteiger charge is -2.10. The van der Waals surface area contributed by atoms with Crippen LogP contribution in [0.4, 0.5) is 0 Å². The van der Waals surface area contributed by atoms with Gasteiger partial charge in [-0.2, -0.15) is 5.10 Å². The van der Waals surface area contributed by atoms with Gasteiger partial charge < -0.3 is 9.47 Å². The van der Waals surface area contributed by atoms with Crippen molar-refractivity contribution < 1.29 is 9.47 Å². The molecule has 1 aromatic heterocycles. The van der Waals surface area contributed by atoms with Crippen LogP contribution in [0.5, 0.6) is 11.5 Å². The van der Waals surface area contributed by atoms with Crippen molar-refractivity contribution in [2.45, 2.75) is 97.8 Å². The summed E-state index contributed by atoms with van der Waals surface area (Å²) in [5, 5.41) is 5.04. The first-order valence-electron chi connectivity index (χ1n) is 17.0. The summed E-state index contributed by atoms with van der Waals surface area (Å²) in [5.74, 6) is 1.84. The summed E-state index contributed by atoms with van der Waals surface area (Å²) in [5.41, 5.74) is 6.67. The molecule has 0 atom stereocenters. The van der Waals surface area contributed by atoms with E-state index in [1.165, 1.54) is 63.4 Å². The molecular weight excluding hydrogens is 540 g/mol. The normalized spacial score (nSPS) is 11.3. The van der Waals surface area contributed by atoms with E-state index in [9.17, 15) is 0 Å². The lowest BCUT2D eigenvalue weighted by Crippen LogP contribution is -2.00. The van der Waals surface area contributed by atoms with Gasteiger partial charge in [0.25, 0.3) is 0 Å². The number of aryl methyl sites for hydroxylation is 1. The summed E-state index contributed by atoms with van der Waals surface area (Å²) in [6.45, 7) is 8.22. The van der Waals surface area contributed by atoms with Gasteiger partial charge >= 0.3 is 0 Å². The summed E-state index contributed by atoms with van der Waals surface area (Å²) in [6, 6.07) is 27.8. The molecule has 0 saturated heterocycles. The van der Waals surface area contributed by atoms with Crippen LogP contribution in [0.25, 0.3) is 29.1 Å². The van der Waals surface area contributed by atoms with E-state index in [1.54, 1.807) is 0 Å². The molecule has 44 heavy (non-hydrogen) atoms. The molecule has 0 aliphatic carbocycles. The van der Waals surface area contributed by atoms with E-state index in [0.29, 0.717) is 0 Å². The highest BCUT2D eigenvalue weighted by molar-refractivity contribution is 5.72. The molecular formula is C40H52N2O2. The topological polar surface area (TPSA) is 36.3 Å². The molecule has 234 valence electrons. The van der Waals surface area contributed by atoms with E-state index in [-0.39, 0.29) is 0 Å². The van der Waals surface area contributed by atoms with Gasteiger partial charge in [0.2, 0.25) is 0 Å². The number of hydrogen-bond acceptors (Lipinski definition) is 3. The zero-order chi connectivity index (χ0) is 30.8. The van der Waals surface area contributed by atoms with Gasteiger partial charge in [-0.3, -0.25) is 0 Å². The first-order valence-corrected chi connectivity index (χ1v) is 17.0. The van der Waals surface area contributed by atoms with E-state index >= 15 is 0 Å². The van der Waals surface area contributed by atoms with Crippen LogP contribution < -0.4 is 9.47 Å². The Labute approximate surface area is 266 Å². The van der Waals surface area contributed by atoms with Gasteiger partial charge in [-0.1, -0.05) is 102 Å². The number of aromatic nitrogens is 2. The van der Waals surface area contributed by atoms with Crippen LogP contribution in [0.1, 0.15) is 108 Å². The molecule has 0 N–H and O–H groups in total. The van der Waals surface area contributed by atoms with Crippen molar-refractivity contribution in [1.29, 1.82) is 0 Å². The maximum atomic E-state index is 5.97. The molecule has 0 spiro atoms. The molecule has 4 nitrogen and oxygen atoms in total. The Hall–Kier alpha value is -3.79. The average Bonchev–Trinajstić information content (AvgIpc) is 3.49. The fraction of sp³-hybridized carbons (Fsp3) is 0.425. The second kappa shape index (κ2) is 18.8. The maximum Gasteiger partial charge on any atom is 0.119 e. The summed E-state index contributed by atoms with van der Waals surface area (Å²) >= 11 is 0. The predicted molar refractivity (Wildman–Crippen MR) is 187 cm³/mol. The molecule has 0 bridgehead atoms. The Morgan fingerprint density at radius 3 is 1.77 bits per heavy atom. The highest BCUT2D eigenvalue weighted by Gasteiger charge is 2.12. The van der Waals surface area contributed by atoms with Crippen molar-refractivity contribution in [2.24, 2.45) is 0 Å². The third-order valence-corrected chi connectivity index (χ3v) is 7.99. The highest BCUT2D eigenvalue weighted by Crippen LogP contribution is 2.28. The largest absolute Gasteiger partial charge is 0.494 e. The van der Waals surface area contributed by atoms with Crippen LogP contribution in [0.3, 0.4) is 0 Å². The van der Waals surface area contributed by atoms with Gasteiger partial charge in [0.15, 0.2) is 0 Å². The SMILES string of the molecule is CCCCCCCc1ccc(-n2nc(/C=C/c3ccc(OCCCCC)cc3)cc2-c2ccc(OCCCCC)cc2)cc1. The summed E-state index contributed by atoms with van der Waals surface area (Å²) < 4.78 is 13.9. The number of benzene rings is 3. The zero-order valence-electron chi connectivity index (χ0n) is 27.3. The summed E-state index contributed by atoms with van der Waals surface area (Å²) in [6.07, 6.45) is 18.8. The summed E-state index contributed by atoms with van der Waals surface area (Å²) in [4.78, 5) is 0. The van der Waals surface area contributed by atoms with Crippen molar-refractivity contribution in [1.82, 2.24) is 9.78 Å². The van der Waals surface area contributed by atoms with Crippen molar-refractivity contribution in [3.63, 3.8) is 0 Å². The Kier molecular flexibility index (Phi) is 14.1. The fourth-order valence-corrected chi connectivity index (χ4v) is 5.28. The fourth-order valence-electron chi connectivity index (χ4n) is 5.28. The van der Waals surface area contributed by atoms with Crippen LogP contribution >= 0.6 is 0 Å². The van der Waals surface area contributed by atoms with Crippen molar-refractivity contribution in [3.8, 4) is 28.4 Å². The molecule has 0 unspecified atom stereocenters. The van der Waals surface area contributed by atoms with Gasteiger partial charge in [-0.05, 0) is 97.5 Å². The second-order valence-corrected chi connectivity index (χ2v) is 11.7. The van der Waals surface area contributed by atoms with Crippen LogP contribution in [-0.4, -0.2) is 23.0 Å². The minimum absolute atomic E-state index is 0.761. The molecule has 0 radical (unpaired) electrons. The smallest absolute Gasteiger partial charge is 0.119 e. The molecule has 0 fully saturated rings.